The summed E-state index contributed by atoms with van der Waals surface area (Å²) in [6.45, 7) is 5.92. The molecule has 2 bridgehead atoms. The summed E-state index contributed by atoms with van der Waals surface area (Å²) < 4.78 is 0. The smallest absolute Gasteiger partial charge is 0.325 e. The normalized spacial score (nSPS) is 33.8. The summed E-state index contributed by atoms with van der Waals surface area (Å²) in [7, 11) is 0. The molecule has 4 nitrogen and oxygen atoms in total. The van der Waals surface area contributed by atoms with Crippen molar-refractivity contribution in [2.45, 2.75) is 63.6 Å². The van der Waals surface area contributed by atoms with Gasteiger partial charge in [-0.05, 0) is 57.8 Å². The molecule has 3 aliphatic rings. The molecule has 0 aromatic rings. The Balaban J connectivity index is 1.76. The van der Waals surface area contributed by atoms with Crippen molar-refractivity contribution in [1.82, 2.24) is 10.2 Å². The van der Waals surface area contributed by atoms with Gasteiger partial charge in [-0.2, -0.15) is 0 Å². The van der Waals surface area contributed by atoms with Crippen LogP contribution in [0, 0.1) is 11.8 Å². The van der Waals surface area contributed by atoms with Crippen LogP contribution < -0.4 is 5.32 Å². The summed E-state index contributed by atoms with van der Waals surface area (Å²) in [5.41, 5.74) is -0.710. The summed E-state index contributed by atoms with van der Waals surface area (Å²) >= 11 is 0. The van der Waals surface area contributed by atoms with Gasteiger partial charge in [0.25, 0.3) is 0 Å². The van der Waals surface area contributed by atoms with Gasteiger partial charge in [0.2, 0.25) is 0 Å². The Morgan fingerprint density at radius 3 is 2.53 bits per heavy atom. The number of piperidine rings is 1. The molecule has 3 fully saturated rings. The van der Waals surface area contributed by atoms with Gasteiger partial charge in [-0.1, -0.05) is 0 Å². The van der Waals surface area contributed by atoms with E-state index in [-0.39, 0.29) is 6.04 Å². The van der Waals surface area contributed by atoms with E-state index >= 15 is 0 Å². The standard InChI is InChI=1S/C15H26N2O2/c1-10(2)16-15(14(18)19,12-4-5-12)9-17-8-11-3-6-13(17)7-11/h10-13,16H,3-9H2,1-2H3,(H,18,19). The quantitative estimate of drug-likeness (QED) is 0.768. The number of carboxylic acid groups (broad SMARTS) is 1. The number of hydrogen-bond donors (Lipinski definition) is 2. The largest absolute Gasteiger partial charge is 0.480 e. The molecule has 0 spiro atoms. The van der Waals surface area contributed by atoms with E-state index in [1.165, 1.54) is 19.3 Å². The molecular formula is C15H26N2O2. The molecule has 2 saturated carbocycles. The van der Waals surface area contributed by atoms with E-state index in [0.29, 0.717) is 18.5 Å². The third kappa shape index (κ3) is 2.40. The van der Waals surface area contributed by atoms with E-state index in [0.717, 1.165) is 25.3 Å². The Morgan fingerprint density at radius 1 is 1.37 bits per heavy atom. The highest BCUT2D eigenvalue weighted by atomic mass is 16.4. The molecule has 0 aromatic carbocycles. The number of fused-ring (bicyclic) bond motifs is 2. The van der Waals surface area contributed by atoms with Crippen molar-refractivity contribution in [1.29, 1.82) is 0 Å². The molecule has 3 atom stereocenters. The first-order chi connectivity index (χ1) is 9.01. The van der Waals surface area contributed by atoms with Crippen molar-refractivity contribution in [3.8, 4) is 0 Å². The second-order valence-electron chi connectivity index (χ2n) is 7.11. The van der Waals surface area contributed by atoms with Gasteiger partial charge < -0.3 is 5.11 Å². The Bertz CT molecular complexity index is 367. The van der Waals surface area contributed by atoms with Gasteiger partial charge >= 0.3 is 5.97 Å². The fraction of sp³-hybridized carbons (Fsp3) is 0.933. The van der Waals surface area contributed by atoms with Crippen LogP contribution in [0.15, 0.2) is 0 Å². The maximum Gasteiger partial charge on any atom is 0.325 e. The molecule has 4 heteroatoms. The van der Waals surface area contributed by atoms with E-state index in [2.05, 4.69) is 24.1 Å². The van der Waals surface area contributed by atoms with E-state index in [4.69, 9.17) is 0 Å². The van der Waals surface area contributed by atoms with Gasteiger partial charge in [0.1, 0.15) is 5.54 Å². The van der Waals surface area contributed by atoms with Gasteiger partial charge in [0, 0.05) is 25.2 Å². The number of likely N-dealkylation sites (tertiary alicyclic amines) is 1. The van der Waals surface area contributed by atoms with Crippen molar-refractivity contribution in [3.05, 3.63) is 0 Å². The molecular weight excluding hydrogens is 240 g/mol. The molecule has 3 rings (SSSR count). The van der Waals surface area contributed by atoms with Crippen LogP contribution in [0.1, 0.15) is 46.0 Å². The van der Waals surface area contributed by atoms with Gasteiger partial charge in [-0.15, -0.1) is 0 Å². The maximum atomic E-state index is 11.9. The Kier molecular flexibility index (Phi) is 3.34. The number of aliphatic carboxylic acids is 1. The third-order valence-electron chi connectivity index (χ3n) is 5.18. The number of nitrogens with zero attached hydrogens (tertiary/aromatic N) is 1. The highest BCUT2D eigenvalue weighted by Gasteiger charge is 2.54. The molecule has 0 amide bonds. The van der Waals surface area contributed by atoms with Crippen LogP contribution in [0.2, 0.25) is 0 Å². The minimum absolute atomic E-state index is 0.219. The first kappa shape index (κ1) is 13.4. The summed E-state index contributed by atoms with van der Waals surface area (Å²) in [5.74, 6) is 0.507. The predicted molar refractivity (Wildman–Crippen MR) is 74.1 cm³/mol. The SMILES string of the molecule is CC(C)NC(CN1CC2CCC1C2)(C(=O)O)C1CC1. The fourth-order valence-corrected chi connectivity index (χ4v) is 4.23. The van der Waals surface area contributed by atoms with Crippen LogP contribution in [0.4, 0.5) is 0 Å². The number of carboxylic acids is 1. The molecule has 0 aromatic heterocycles. The molecule has 3 unspecified atom stereocenters. The second kappa shape index (κ2) is 4.74. The van der Waals surface area contributed by atoms with Crippen LogP contribution >= 0.6 is 0 Å². The molecule has 2 N–H and O–H groups in total. The average Bonchev–Trinajstić information content (AvgIpc) is 2.99. The number of nitrogens with one attached hydrogen (secondary N) is 1. The summed E-state index contributed by atoms with van der Waals surface area (Å²) in [5, 5.41) is 13.2. The summed E-state index contributed by atoms with van der Waals surface area (Å²) in [6.07, 6.45) is 6.04. The molecule has 1 heterocycles. The maximum absolute atomic E-state index is 11.9. The van der Waals surface area contributed by atoms with E-state index < -0.39 is 11.5 Å². The van der Waals surface area contributed by atoms with Gasteiger partial charge in [-0.3, -0.25) is 15.0 Å². The van der Waals surface area contributed by atoms with Gasteiger partial charge in [0.05, 0.1) is 0 Å². The molecule has 1 aliphatic heterocycles. The average molecular weight is 266 g/mol. The zero-order valence-electron chi connectivity index (χ0n) is 12.1. The minimum Gasteiger partial charge on any atom is -0.480 e. The first-order valence-electron chi connectivity index (χ1n) is 7.76. The number of rotatable bonds is 6. The lowest BCUT2D eigenvalue weighted by Gasteiger charge is -2.39. The Labute approximate surface area is 115 Å². The topological polar surface area (TPSA) is 52.6 Å². The molecule has 19 heavy (non-hydrogen) atoms. The predicted octanol–water partition coefficient (Wildman–Crippen LogP) is 1.70. The van der Waals surface area contributed by atoms with Crippen LogP contribution in [0.3, 0.4) is 0 Å². The highest BCUT2D eigenvalue weighted by Crippen LogP contribution is 2.44. The Morgan fingerprint density at radius 2 is 2.11 bits per heavy atom. The van der Waals surface area contributed by atoms with Crippen LogP contribution in [0.25, 0.3) is 0 Å². The monoisotopic (exact) mass is 266 g/mol. The third-order valence-corrected chi connectivity index (χ3v) is 5.18. The molecule has 1 saturated heterocycles. The lowest BCUT2D eigenvalue weighted by Crippen LogP contribution is -2.63. The van der Waals surface area contributed by atoms with Crippen molar-refractivity contribution < 1.29 is 9.90 Å². The van der Waals surface area contributed by atoms with Gasteiger partial charge in [0.15, 0.2) is 0 Å². The zero-order chi connectivity index (χ0) is 13.6. The van der Waals surface area contributed by atoms with Crippen LogP contribution in [-0.4, -0.2) is 46.7 Å². The lowest BCUT2D eigenvalue weighted by molar-refractivity contribution is -0.147. The van der Waals surface area contributed by atoms with Crippen molar-refractivity contribution >= 4 is 5.97 Å². The molecule has 2 aliphatic carbocycles. The second-order valence-corrected chi connectivity index (χ2v) is 7.11. The van der Waals surface area contributed by atoms with E-state index in [9.17, 15) is 9.90 Å². The minimum atomic E-state index is -0.710. The van der Waals surface area contributed by atoms with Crippen molar-refractivity contribution in [2.24, 2.45) is 11.8 Å². The summed E-state index contributed by atoms with van der Waals surface area (Å²) in [6, 6.07) is 0.868. The summed E-state index contributed by atoms with van der Waals surface area (Å²) in [4.78, 5) is 14.4. The lowest BCUT2D eigenvalue weighted by atomic mass is 9.90. The van der Waals surface area contributed by atoms with Crippen molar-refractivity contribution in [3.63, 3.8) is 0 Å². The number of hydrogen-bond acceptors (Lipinski definition) is 3. The van der Waals surface area contributed by atoms with Gasteiger partial charge in [-0.25, -0.2) is 0 Å². The van der Waals surface area contributed by atoms with E-state index in [1.54, 1.807) is 0 Å². The van der Waals surface area contributed by atoms with E-state index in [1.807, 2.05) is 0 Å². The van der Waals surface area contributed by atoms with Crippen molar-refractivity contribution in [2.75, 3.05) is 13.1 Å². The number of carbonyl (C=O) groups is 1. The van der Waals surface area contributed by atoms with Crippen LogP contribution in [-0.2, 0) is 4.79 Å². The molecule has 0 radical (unpaired) electrons. The highest BCUT2D eigenvalue weighted by molar-refractivity contribution is 5.80. The Hall–Kier alpha value is -0.610. The zero-order valence-corrected chi connectivity index (χ0v) is 12.1. The first-order valence-corrected chi connectivity index (χ1v) is 7.76. The molecule has 108 valence electrons. The fourth-order valence-electron chi connectivity index (χ4n) is 4.23. The van der Waals surface area contributed by atoms with Crippen LogP contribution in [0.5, 0.6) is 0 Å².